The number of nitrogens with one attached hydrogen (secondary N) is 1. The highest BCUT2D eigenvalue weighted by Gasteiger charge is 2.25. The molecule has 0 radical (unpaired) electrons. The van der Waals surface area contributed by atoms with E-state index in [1.54, 1.807) is 0 Å². The predicted molar refractivity (Wildman–Crippen MR) is 79.3 cm³/mol. The number of rotatable bonds is 8. The second kappa shape index (κ2) is 8.07. The maximum Gasteiger partial charge on any atom is 0.221 e. The number of hydrogen-bond donors (Lipinski definition) is 2. The number of carbonyl (C=O) groups is 1. The van der Waals surface area contributed by atoms with Crippen molar-refractivity contribution in [2.45, 2.75) is 26.7 Å². The highest BCUT2D eigenvalue weighted by atomic mass is 32.2. The third-order valence-electron chi connectivity index (χ3n) is 3.50. The van der Waals surface area contributed by atoms with Crippen LogP contribution in [0.15, 0.2) is 0 Å². The first kappa shape index (κ1) is 18.3. The van der Waals surface area contributed by atoms with Crippen molar-refractivity contribution in [1.29, 1.82) is 0 Å². The molecule has 124 valence electrons. The molecule has 1 heterocycles. The molecule has 0 saturated carbocycles. The van der Waals surface area contributed by atoms with Gasteiger partial charge in [-0.05, 0) is 11.8 Å². The van der Waals surface area contributed by atoms with E-state index in [2.05, 4.69) is 5.32 Å². The highest BCUT2D eigenvalue weighted by molar-refractivity contribution is 7.89. The molecule has 21 heavy (non-hydrogen) atoms. The van der Waals surface area contributed by atoms with Crippen molar-refractivity contribution in [3.8, 4) is 0 Å². The standard InChI is InChI=1S/C13H26N2O5S/c1-13(2,4-7-16)11-14-12(17)3-10-21(18,19)15-5-8-20-9-6-15/h16H,3-11H2,1-2H3,(H,14,17). The lowest BCUT2D eigenvalue weighted by Crippen LogP contribution is -2.43. The summed E-state index contributed by atoms with van der Waals surface area (Å²) in [5.41, 5.74) is -0.201. The van der Waals surface area contributed by atoms with Crippen LogP contribution in [-0.2, 0) is 19.6 Å². The minimum absolute atomic E-state index is 0.0467. The van der Waals surface area contributed by atoms with Crippen LogP contribution in [0.1, 0.15) is 26.7 Å². The average Bonchev–Trinajstić information content (AvgIpc) is 2.44. The molecule has 7 nitrogen and oxygen atoms in total. The molecular formula is C13H26N2O5S. The van der Waals surface area contributed by atoms with E-state index < -0.39 is 10.0 Å². The Bertz CT molecular complexity index is 430. The van der Waals surface area contributed by atoms with Gasteiger partial charge in [-0.3, -0.25) is 4.79 Å². The van der Waals surface area contributed by atoms with Gasteiger partial charge < -0.3 is 15.2 Å². The largest absolute Gasteiger partial charge is 0.396 e. The molecule has 1 fully saturated rings. The SMILES string of the molecule is CC(C)(CCO)CNC(=O)CCS(=O)(=O)N1CCOCC1. The van der Waals surface area contributed by atoms with E-state index in [-0.39, 0.29) is 30.1 Å². The maximum atomic E-state index is 12.1. The number of aliphatic hydroxyl groups excluding tert-OH is 1. The van der Waals surface area contributed by atoms with E-state index in [0.717, 1.165) is 0 Å². The van der Waals surface area contributed by atoms with Crippen molar-refractivity contribution in [2.24, 2.45) is 5.41 Å². The van der Waals surface area contributed by atoms with E-state index in [0.29, 0.717) is 39.3 Å². The van der Waals surface area contributed by atoms with Crippen LogP contribution in [-0.4, -0.2) is 68.9 Å². The summed E-state index contributed by atoms with van der Waals surface area (Å²) in [7, 11) is -3.39. The molecule has 1 aliphatic heterocycles. The Morgan fingerprint density at radius 3 is 2.52 bits per heavy atom. The molecule has 0 aliphatic carbocycles. The predicted octanol–water partition coefficient (Wildman–Crippen LogP) is -0.437. The van der Waals surface area contributed by atoms with Crippen molar-refractivity contribution >= 4 is 15.9 Å². The summed E-state index contributed by atoms with van der Waals surface area (Å²) in [4.78, 5) is 11.7. The van der Waals surface area contributed by atoms with E-state index in [4.69, 9.17) is 9.84 Å². The van der Waals surface area contributed by atoms with Crippen LogP contribution in [0.4, 0.5) is 0 Å². The molecule has 1 rings (SSSR count). The molecule has 0 unspecified atom stereocenters. The van der Waals surface area contributed by atoms with Gasteiger partial charge >= 0.3 is 0 Å². The Hall–Kier alpha value is -0.700. The average molecular weight is 322 g/mol. The summed E-state index contributed by atoms with van der Waals surface area (Å²) in [6.07, 6.45) is 0.536. The van der Waals surface area contributed by atoms with E-state index >= 15 is 0 Å². The van der Waals surface area contributed by atoms with Crippen LogP contribution >= 0.6 is 0 Å². The lowest BCUT2D eigenvalue weighted by Gasteiger charge is -2.26. The fraction of sp³-hybridized carbons (Fsp3) is 0.923. The van der Waals surface area contributed by atoms with Gasteiger partial charge in [0, 0.05) is 32.7 Å². The number of morpholine rings is 1. The fourth-order valence-electron chi connectivity index (χ4n) is 1.99. The number of nitrogens with zero attached hydrogens (tertiary/aromatic N) is 1. The van der Waals surface area contributed by atoms with Gasteiger partial charge in [-0.2, -0.15) is 4.31 Å². The summed E-state index contributed by atoms with van der Waals surface area (Å²) in [5, 5.41) is 11.6. The minimum atomic E-state index is -3.39. The number of aliphatic hydroxyl groups is 1. The molecule has 0 aromatic heterocycles. The Labute approximate surface area is 126 Å². The number of amides is 1. The summed E-state index contributed by atoms with van der Waals surface area (Å²) in [6.45, 7) is 5.88. The molecule has 1 saturated heterocycles. The van der Waals surface area contributed by atoms with E-state index in [1.807, 2.05) is 13.8 Å². The zero-order chi connectivity index (χ0) is 15.9. The second-order valence-corrected chi connectivity index (χ2v) is 8.08. The van der Waals surface area contributed by atoms with Gasteiger partial charge in [0.05, 0.1) is 19.0 Å². The van der Waals surface area contributed by atoms with E-state index in [1.165, 1.54) is 4.31 Å². The van der Waals surface area contributed by atoms with Gasteiger partial charge in [0.25, 0.3) is 0 Å². The van der Waals surface area contributed by atoms with Gasteiger partial charge in [0.15, 0.2) is 0 Å². The lowest BCUT2D eigenvalue weighted by atomic mass is 9.90. The normalized spacial score (nSPS) is 17.7. The second-order valence-electron chi connectivity index (χ2n) is 5.99. The van der Waals surface area contributed by atoms with Gasteiger partial charge in [-0.25, -0.2) is 8.42 Å². The number of ether oxygens (including phenoxy) is 1. The molecule has 0 bridgehead atoms. The molecule has 0 atom stereocenters. The first-order valence-corrected chi connectivity index (χ1v) is 8.81. The zero-order valence-corrected chi connectivity index (χ0v) is 13.6. The molecule has 0 aromatic rings. The number of sulfonamides is 1. The minimum Gasteiger partial charge on any atom is -0.396 e. The molecule has 1 amide bonds. The third kappa shape index (κ3) is 6.73. The number of carbonyl (C=O) groups excluding carboxylic acids is 1. The lowest BCUT2D eigenvalue weighted by molar-refractivity contribution is -0.121. The van der Waals surface area contributed by atoms with Crippen molar-refractivity contribution in [1.82, 2.24) is 9.62 Å². The van der Waals surface area contributed by atoms with Crippen LogP contribution in [0.2, 0.25) is 0 Å². The van der Waals surface area contributed by atoms with Gasteiger partial charge in [-0.1, -0.05) is 13.8 Å². The highest BCUT2D eigenvalue weighted by Crippen LogP contribution is 2.18. The van der Waals surface area contributed by atoms with Crippen molar-refractivity contribution in [2.75, 3.05) is 45.2 Å². The van der Waals surface area contributed by atoms with Crippen molar-refractivity contribution in [3.05, 3.63) is 0 Å². The van der Waals surface area contributed by atoms with Crippen LogP contribution in [0.3, 0.4) is 0 Å². The molecular weight excluding hydrogens is 296 g/mol. The van der Waals surface area contributed by atoms with Gasteiger partial charge in [0.2, 0.25) is 15.9 Å². The van der Waals surface area contributed by atoms with Gasteiger partial charge in [-0.15, -0.1) is 0 Å². The third-order valence-corrected chi connectivity index (χ3v) is 5.38. The molecule has 8 heteroatoms. The zero-order valence-electron chi connectivity index (χ0n) is 12.8. The number of hydrogen-bond acceptors (Lipinski definition) is 5. The Morgan fingerprint density at radius 2 is 1.95 bits per heavy atom. The molecule has 2 N–H and O–H groups in total. The summed E-state index contributed by atoms with van der Waals surface area (Å²) in [6, 6.07) is 0. The van der Waals surface area contributed by atoms with Crippen molar-refractivity contribution in [3.63, 3.8) is 0 Å². The first-order chi connectivity index (χ1) is 9.77. The maximum absolute atomic E-state index is 12.1. The van der Waals surface area contributed by atoms with Crippen LogP contribution in [0.5, 0.6) is 0 Å². The quantitative estimate of drug-likeness (QED) is 0.632. The Kier molecular flexibility index (Phi) is 7.05. The first-order valence-electron chi connectivity index (χ1n) is 7.20. The molecule has 1 aliphatic rings. The Balaban J connectivity index is 2.35. The summed E-state index contributed by atoms with van der Waals surface area (Å²) < 4.78 is 30.6. The van der Waals surface area contributed by atoms with Crippen molar-refractivity contribution < 1.29 is 23.1 Å². The monoisotopic (exact) mass is 322 g/mol. The molecule has 0 aromatic carbocycles. The van der Waals surface area contributed by atoms with Crippen LogP contribution in [0, 0.1) is 5.41 Å². The van der Waals surface area contributed by atoms with Crippen LogP contribution in [0.25, 0.3) is 0 Å². The fourth-order valence-corrected chi connectivity index (χ4v) is 3.40. The van der Waals surface area contributed by atoms with Crippen LogP contribution < -0.4 is 5.32 Å². The smallest absolute Gasteiger partial charge is 0.221 e. The van der Waals surface area contributed by atoms with Gasteiger partial charge in [0.1, 0.15) is 0 Å². The summed E-state index contributed by atoms with van der Waals surface area (Å²) >= 11 is 0. The Morgan fingerprint density at radius 1 is 1.33 bits per heavy atom. The molecule has 0 spiro atoms. The summed E-state index contributed by atoms with van der Waals surface area (Å²) in [5.74, 6) is -0.461. The topological polar surface area (TPSA) is 95.9 Å². The van der Waals surface area contributed by atoms with E-state index in [9.17, 15) is 13.2 Å².